The van der Waals surface area contributed by atoms with Crippen LogP contribution in [0.4, 0.5) is 10.1 Å². The van der Waals surface area contributed by atoms with Crippen LogP contribution in [0.3, 0.4) is 0 Å². The molecule has 0 bridgehead atoms. The van der Waals surface area contributed by atoms with Crippen molar-refractivity contribution < 1.29 is 9.18 Å². The Hall–Kier alpha value is -2.27. The van der Waals surface area contributed by atoms with Gasteiger partial charge in [0.1, 0.15) is 5.82 Å². The molecule has 2 aromatic rings. The van der Waals surface area contributed by atoms with Crippen LogP contribution in [-0.2, 0) is 0 Å². The van der Waals surface area contributed by atoms with Crippen LogP contribution < -0.4 is 10.7 Å². The Bertz CT molecular complexity index is 801. The van der Waals surface area contributed by atoms with Crippen molar-refractivity contribution in [3.8, 4) is 0 Å². The summed E-state index contributed by atoms with van der Waals surface area (Å²) in [5.74, 6) is -0.750. The summed E-state index contributed by atoms with van der Waals surface area (Å²) in [4.78, 5) is 24.8. The third kappa shape index (κ3) is 4.60. The molecule has 1 N–H and O–H groups in total. The highest BCUT2D eigenvalue weighted by atomic mass is 79.9. The summed E-state index contributed by atoms with van der Waals surface area (Å²) in [6.07, 6.45) is 2.86. The van der Waals surface area contributed by atoms with E-state index in [9.17, 15) is 14.0 Å². The Morgan fingerprint density at radius 1 is 1.22 bits per heavy atom. The summed E-state index contributed by atoms with van der Waals surface area (Å²) in [5.41, 5.74) is 0.762. The van der Waals surface area contributed by atoms with E-state index in [4.69, 9.17) is 0 Å². The van der Waals surface area contributed by atoms with Gasteiger partial charge in [0.15, 0.2) is 5.78 Å². The topological polar surface area (TPSA) is 46.2 Å². The smallest absolute Gasteiger partial charge is 0.212 e. The highest BCUT2D eigenvalue weighted by Crippen LogP contribution is 2.13. The number of carbonyl (C=O) groups is 1. The second kappa shape index (κ2) is 7.83. The van der Waals surface area contributed by atoms with Gasteiger partial charge in [0, 0.05) is 11.0 Å². The summed E-state index contributed by atoms with van der Waals surface area (Å²) in [6, 6.07) is 10.6. The van der Waals surface area contributed by atoms with Gasteiger partial charge in [-0.3, -0.25) is 9.59 Å². The van der Waals surface area contributed by atoms with Crippen molar-refractivity contribution in [3.63, 3.8) is 0 Å². The van der Waals surface area contributed by atoms with E-state index in [0.29, 0.717) is 22.3 Å². The molecule has 5 heteroatoms. The Morgan fingerprint density at radius 3 is 2.57 bits per heavy atom. The van der Waals surface area contributed by atoms with Crippen molar-refractivity contribution in [1.29, 1.82) is 0 Å². The van der Waals surface area contributed by atoms with Gasteiger partial charge in [-0.25, -0.2) is 4.39 Å². The summed E-state index contributed by atoms with van der Waals surface area (Å²) in [6.45, 7) is 2.45. The number of allylic oxidation sites excluding steroid dienone is 1. The molecule has 0 unspecified atom stereocenters. The zero-order valence-corrected chi connectivity index (χ0v) is 14.1. The van der Waals surface area contributed by atoms with Crippen molar-refractivity contribution in [3.05, 3.63) is 80.2 Å². The van der Waals surface area contributed by atoms with Gasteiger partial charge in [-0.2, -0.15) is 0 Å². The highest BCUT2D eigenvalue weighted by molar-refractivity contribution is 9.10. The average molecular weight is 376 g/mol. The van der Waals surface area contributed by atoms with Crippen LogP contribution in [0.15, 0.2) is 57.8 Å². The minimum absolute atomic E-state index is 0.0659. The van der Waals surface area contributed by atoms with E-state index in [1.54, 1.807) is 30.3 Å². The van der Waals surface area contributed by atoms with E-state index >= 15 is 0 Å². The normalized spacial score (nSPS) is 10.7. The van der Waals surface area contributed by atoms with Gasteiger partial charge in [0.2, 0.25) is 5.43 Å². The van der Waals surface area contributed by atoms with Gasteiger partial charge in [-0.1, -0.05) is 34.1 Å². The minimum Gasteiger partial charge on any atom is -0.382 e. The predicted octanol–water partition coefficient (Wildman–Crippen LogP) is 4.28. The third-order valence-electron chi connectivity index (χ3n) is 3.11. The van der Waals surface area contributed by atoms with E-state index in [0.717, 1.165) is 0 Å². The van der Waals surface area contributed by atoms with Crippen LogP contribution in [0.1, 0.15) is 22.8 Å². The Balaban J connectivity index is 2.37. The maximum Gasteiger partial charge on any atom is 0.212 e. The number of carbonyl (C=O) groups excluding carboxylic acids is 1. The molecule has 0 fully saturated rings. The second-order valence-electron chi connectivity index (χ2n) is 4.80. The molecule has 2 aromatic carbocycles. The molecular formula is C18H15BrFNO2. The molecular weight excluding hydrogens is 361 g/mol. The quantitative estimate of drug-likeness (QED) is 0.626. The lowest BCUT2D eigenvalue weighted by Gasteiger charge is -1.99. The molecule has 0 aliphatic carbocycles. The van der Waals surface area contributed by atoms with E-state index in [2.05, 4.69) is 21.2 Å². The van der Waals surface area contributed by atoms with Gasteiger partial charge in [-0.05, 0) is 48.9 Å². The highest BCUT2D eigenvalue weighted by Gasteiger charge is 2.10. The summed E-state index contributed by atoms with van der Waals surface area (Å²) < 4.78 is 13.5. The molecule has 23 heavy (non-hydrogen) atoms. The first-order valence-electron chi connectivity index (χ1n) is 7.07. The third-order valence-corrected chi connectivity index (χ3v) is 3.60. The molecule has 0 aromatic heterocycles. The molecule has 0 radical (unpaired) electrons. The molecule has 2 rings (SSSR count). The molecule has 0 aliphatic rings. The van der Waals surface area contributed by atoms with E-state index in [1.807, 2.05) is 6.92 Å². The van der Waals surface area contributed by atoms with Gasteiger partial charge in [-0.15, -0.1) is 0 Å². The Labute approximate surface area is 142 Å². The fourth-order valence-corrected chi connectivity index (χ4v) is 2.34. The van der Waals surface area contributed by atoms with E-state index < -0.39 is 5.78 Å². The fraction of sp³-hybridized carbons (Fsp3) is 0.111. The second-order valence-corrected chi connectivity index (χ2v) is 5.71. The van der Waals surface area contributed by atoms with Crippen molar-refractivity contribution in [1.82, 2.24) is 0 Å². The maximum absolute atomic E-state index is 12.9. The van der Waals surface area contributed by atoms with Crippen LogP contribution in [-0.4, -0.2) is 12.3 Å². The van der Waals surface area contributed by atoms with E-state index in [1.165, 1.54) is 24.3 Å². The lowest BCUT2D eigenvalue weighted by atomic mass is 10.1. The first-order chi connectivity index (χ1) is 11.0. The first kappa shape index (κ1) is 17.1. The molecule has 0 heterocycles. The van der Waals surface area contributed by atoms with E-state index in [-0.39, 0.29) is 16.8 Å². The monoisotopic (exact) mass is 375 g/mol. The van der Waals surface area contributed by atoms with Gasteiger partial charge in [0.25, 0.3) is 0 Å². The molecule has 0 atom stereocenters. The van der Waals surface area contributed by atoms with Crippen LogP contribution >= 0.6 is 15.9 Å². The summed E-state index contributed by atoms with van der Waals surface area (Å²) >= 11 is 3.30. The zero-order chi connectivity index (χ0) is 16.8. The summed E-state index contributed by atoms with van der Waals surface area (Å²) in [5, 5.41) is 2.95. The van der Waals surface area contributed by atoms with Crippen molar-refractivity contribution in [2.45, 2.75) is 6.92 Å². The van der Waals surface area contributed by atoms with Crippen molar-refractivity contribution in [2.24, 2.45) is 0 Å². The molecule has 0 saturated carbocycles. The number of ketones is 1. The molecule has 0 spiro atoms. The first-order valence-corrected chi connectivity index (χ1v) is 7.86. The van der Waals surface area contributed by atoms with Gasteiger partial charge in [0.05, 0.1) is 11.3 Å². The maximum atomic E-state index is 12.9. The predicted molar refractivity (Wildman–Crippen MR) is 94.3 cm³/mol. The number of hydrogen-bond donors (Lipinski definition) is 1. The Kier molecular flexibility index (Phi) is 5.82. The van der Waals surface area contributed by atoms with Crippen LogP contribution in [0.25, 0.3) is 6.08 Å². The van der Waals surface area contributed by atoms with Crippen LogP contribution in [0.2, 0.25) is 0 Å². The number of benzene rings is 1. The standard InChI is InChI=1S/C18H15BrFNO2/c1-2-21-16-9-6-13(19)11-15(18(16)23)17(22)10-5-12-3-7-14(20)8-4-12/h3-11H,2H2,1H3,(H,21,23)/b10-5-. The minimum atomic E-state index is -0.407. The van der Waals surface area contributed by atoms with Crippen LogP contribution in [0.5, 0.6) is 0 Å². The molecule has 0 aliphatic heterocycles. The number of anilines is 1. The zero-order valence-electron chi connectivity index (χ0n) is 12.5. The molecule has 0 saturated heterocycles. The van der Waals surface area contributed by atoms with Crippen LogP contribution in [0, 0.1) is 5.82 Å². The molecule has 3 nitrogen and oxygen atoms in total. The van der Waals surface area contributed by atoms with Crippen molar-refractivity contribution >= 4 is 33.5 Å². The number of rotatable bonds is 5. The van der Waals surface area contributed by atoms with Crippen molar-refractivity contribution in [2.75, 3.05) is 11.9 Å². The SMILES string of the molecule is CCNc1ccc(Br)cc(C(=O)/C=C\c2ccc(F)cc2)c1=O. The number of halogens is 2. The van der Waals surface area contributed by atoms with Gasteiger partial charge >= 0.3 is 0 Å². The van der Waals surface area contributed by atoms with Gasteiger partial charge < -0.3 is 5.32 Å². The molecule has 118 valence electrons. The number of nitrogens with one attached hydrogen (secondary N) is 1. The number of hydrogen-bond acceptors (Lipinski definition) is 3. The summed E-state index contributed by atoms with van der Waals surface area (Å²) in [7, 11) is 0. The largest absolute Gasteiger partial charge is 0.382 e. The molecule has 0 amide bonds. The average Bonchev–Trinajstić information content (AvgIpc) is 2.68. The lowest BCUT2D eigenvalue weighted by molar-refractivity contribution is 0.104. The lowest BCUT2D eigenvalue weighted by Crippen LogP contribution is -2.15. The fourth-order valence-electron chi connectivity index (χ4n) is 1.98. The Morgan fingerprint density at radius 2 is 1.91 bits per heavy atom.